The Hall–Kier alpha value is -7.60. The highest BCUT2D eigenvalue weighted by atomic mass is 35.5. The normalized spacial score (nSPS) is 11.8. The fourth-order valence-electron chi connectivity index (χ4n) is 8.37. The van der Waals surface area contributed by atoms with E-state index in [1.807, 2.05) is 42.5 Å². The van der Waals surface area contributed by atoms with Gasteiger partial charge in [0, 0.05) is 44.4 Å². The Labute approximate surface area is 346 Å². The molecule has 0 radical (unpaired) electrons. The standard InChI is InChI=1S/C53H34ClN5/c54-53-57-51(37-18-8-3-9-19-37)56-52(58-53)38-26-24-36(25-27-38)39-28-29-43-46(33-39)55-50-45-21-11-13-23-48(45)59(47-22-12-10-20-44(47)49(43)50)42-31-40(34-14-4-1-5-15-34)30-41(32-42)35-16-6-2-7-17-35/h1-33,55H. The van der Waals surface area contributed by atoms with Crippen molar-refractivity contribution in [3.8, 4) is 78.5 Å². The first kappa shape index (κ1) is 34.6. The number of halogens is 1. The van der Waals surface area contributed by atoms with Crippen LogP contribution in [0, 0.1) is 0 Å². The van der Waals surface area contributed by atoms with Gasteiger partial charge in [0.05, 0.1) is 17.1 Å². The zero-order valence-corrected chi connectivity index (χ0v) is 32.5. The van der Waals surface area contributed by atoms with Crippen LogP contribution in [0.3, 0.4) is 0 Å². The molecule has 5 nitrogen and oxygen atoms in total. The van der Waals surface area contributed by atoms with Crippen molar-refractivity contribution >= 4 is 39.6 Å². The molecular formula is C53H34ClN5. The summed E-state index contributed by atoms with van der Waals surface area (Å²) in [5, 5.41) is 1.33. The van der Waals surface area contributed by atoms with Gasteiger partial charge in [-0.1, -0.05) is 164 Å². The zero-order valence-electron chi connectivity index (χ0n) is 31.7. The largest absolute Gasteiger partial charge is 0.354 e. The summed E-state index contributed by atoms with van der Waals surface area (Å²) in [6, 6.07) is 70.6. The molecule has 278 valence electrons. The lowest BCUT2D eigenvalue weighted by Crippen LogP contribution is -2.11. The SMILES string of the molecule is Clc1nc(-c2ccccc2)nc(-c2ccc(-c3ccc4c5c([nH]c4c3)-c3ccccc3N(c3cc(-c4ccccc4)cc(-c4ccccc4)c3)c3ccccc3-5)cc2)n1. The van der Waals surface area contributed by atoms with E-state index in [9.17, 15) is 0 Å². The highest BCUT2D eigenvalue weighted by molar-refractivity contribution is 6.28. The lowest BCUT2D eigenvalue weighted by Gasteiger charge is -2.28. The van der Waals surface area contributed by atoms with E-state index in [0.717, 1.165) is 56.1 Å². The van der Waals surface area contributed by atoms with Crippen LogP contribution in [0.2, 0.25) is 5.28 Å². The molecule has 1 aliphatic heterocycles. The molecule has 6 heteroatoms. The number of rotatable bonds is 6. The van der Waals surface area contributed by atoms with Gasteiger partial charge in [-0.25, -0.2) is 4.98 Å². The molecule has 8 aromatic carbocycles. The minimum atomic E-state index is 0.166. The van der Waals surface area contributed by atoms with E-state index in [1.54, 1.807) is 0 Å². The van der Waals surface area contributed by atoms with Crippen LogP contribution < -0.4 is 4.90 Å². The predicted molar refractivity (Wildman–Crippen MR) is 243 cm³/mol. The molecule has 1 aliphatic rings. The van der Waals surface area contributed by atoms with E-state index in [1.165, 1.54) is 38.8 Å². The molecule has 0 amide bonds. The number of H-pyrrole nitrogens is 1. The Bertz CT molecular complexity index is 3100. The summed E-state index contributed by atoms with van der Waals surface area (Å²) in [5.41, 5.74) is 17.6. The van der Waals surface area contributed by atoms with E-state index in [-0.39, 0.29) is 5.28 Å². The van der Waals surface area contributed by atoms with Crippen molar-refractivity contribution in [1.82, 2.24) is 19.9 Å². The van der Waals surface area contributed by atoms with Gasteiger partial charge in [-0.2, -0.15) is 9.97 Å². The molecule has 11 rings (SSSR count). The topological polar surface area (TPSA) is 57.7 Å². The zero-order chi connectivity index (χ0) is 39.3. The van der Waals surface area contributed by atoms with Crippen LogP contribution in [0.5, 0.6) is 0 Å². The maximum Gasteiger partial charge on any atom is 0.226 e. The first-order chi connectivity index (χ1) is 29.1. The van der Waals surface area contributed by atoms with E-state index in [4.69, 9.17) is 16.6 Å². The third-order valence-corrected chi connectivity index (χ3v) is 11.3. The summed E-state index contributed by atoms with van der Waals surface area (Å²) >= 11 is 6.38. The Kier molecular flexibility index (Phi) is 8.46. The first-order valence-corrected chi connectivity index (χ1v) is 20.0. The molecular weight excluding hydrogens is 742 g/mol. The van der Waals surface area contributed by atoms with Gasteiger partial charge in [-0.05, 0) is 81.4 Å². The Morgan fingerprint density at radius 2 is 0.864 bits per heavy atom. The summed E-state index contributed by atoms with van der Waals surface area (Å²) in [4.78, 5) is 19.9. The van der Waals surface area contributed by atoms with Crippen molar-refractivity contribution in [3.05, 3.63) is 205 Å². The monoisotopic (exact) mass is 775 g/mol. The molecule has 0 spiro atoms. The number of anilines is 3. The van der Waals surface area contributed by atoms with Gasteiger partial charge >= 0.3 is 0 Å². The Morgan fingerprint density at radius 1 is 0.390 bits per heavy atom. The molecule has 0 saturated carbocycles. The highest BCUT2D eigenvalue weighted by Gasteiger charge is 2.29. The number of nitrogens with zero attached hydrogens (tertiary/aromatic N) is 4. The maximum atomic E-state index is 6.38. The number of hydrogen-bond acceptors (Lipinski definition) is 4. The second-order valence-electron chi connectivity index (χ2n) is 14.7. The molecule has 0 fully saturated rings. The molecule has 2 aromatic heterocycles. The molecule has 1 N–H and O–H groups in total. The van der Waals surface area contributed by atoms with E-state index >= 15 is 0 Å². The minimum absolute atomic E-state index is 0.166. The Balaban J connectivity index is 1.02. The summed E-state index contributed by atoms with van der Waals surface area (Å²) in [6.07, 6.45) is 0. The number of para-hydroxylation sites is 2. The van der Waals surface area contributed by atoms with Gasteiger partial charge < -0.3 is 9.88 Å². The van der Waals surface area contributed by atoms with Crippen molar-refractivity contribution < 1.29 is 0 Å². The summed E-state index contributed by atoms with van der Waals surface area (Å²) < 4.78 is 0. The third-order valence-electron chi connectivity index (χ3n) is 11.1. The van der Waals surface area contributed by atoms with Crippen LogP contribution in [0.15, 0.2) is 200 Å². The molecule has 0 bridgehead atoms. The van der Waals surface area contributed by atoms with Gasteiger partial charge in [0.15, 0.2) is 11.6 Å². The first-order valence-electron chi connectivity index (χ1n) is 19.6. The summed E-state index contributed by atoms with van der Waals surface area (Å²) in [7, 11) is 0. The predicted octanol–water partition coefficient (Wildman–Crippen LogP) is 14.5. The smallest absolute Gasteiger partial charge is 0.226 e. The van der Waals surface area contributed by atoms with Crippen LogP contribution in [-0.4, -0.2) is 19.9 Å². The average Bonchev–Trinajstić information content (AvgIpc) is 3.63. The summed E-state index contributed by atoms with van der Waals surface area (Å²) in [6.45, 7) is 0. The van der Waals surface area contributed by atoms with Crippen LogP contribution in [0.4, 0.5) is 17.1 Å². The number of aromatic nitrogens is 4. The molecule has 3 heterocycles. The van der Waals surface area contributed by atoms with Crippen molar-refractivity contribution in [2.75, 3.05) is 4.90 Å². The minimum Gasteiger partial charge on any atom is -0.354 e. The van der Waals surface area contributed by atoms with Gasteiger partial charge in [0.25, 0.3) is 0 Å². The van der Waals surface area contributed by atoms with Crippen molar-refractivity contribution in [3.63, 3.8) is 0 Å². The number of fused-ring (bicyclic) bond motifs is 7. The number of benzene rings is 8. The molecule has 0 saturated heterocycles. The van der Waals surface area contributed by atoms with Gasteiger partial charge in [0.1, 0.15) is 0 Å². The number of hydrogen-bond donors (Lipinski definition) is 1. The third kappa shape index (κ3) is 6.25. The van der Waals surface area contributed by atoms with Crippen molar-refractivity contribution in [2.24, 2.45) is 0 Å². The van der Waals surface area contributed by atoms with Crippen LogP contribution in [-0.2, 0) is 0 Å². The molecule has 0 atom stereocenters. The van der Waals surface area contributed by atoms with Crippen LogP contribution >= 0.6 is 11.6 Å². The summed E-state index contributed by atoms with van der Waals surface area (Å²) in [5.74, 6) is 1.08. The maximum absolute atomic E-state index is 6.38. The lowest BCUT2D eigenvalue weighted by molar-refractivity contribution is 1.07. The highest BCUT2D eigenvalue weighted by Crippen LogP contribution is 2.53. The second-order valence-corrected chi connectivity index (χ2v) is 15.0. The van der Waals surface area contributed by atoms with E-state index < -0.39 is 0 Å². The average molecular weight is 776 g/mol. The lowest BCUT2D eigenvalue weighted by atomic mass is 9.96. The molecule has 59 heavy (non-hydrogen) atoms. The van der Waals surface area contributed by atoms with Crippen LogP contribution in [0.1, 0.15) is 0 Å². The fourth-order valence-corrected chi connectivity index (χ4v) is 8.53. The van der Waals surface area contributed by atoms with E-state index in [2.05, 4.69) is 178 Å². The molecule has 10 aromatic rings. The molecule has 0 aliphatic carbocycles. The number of aromatic amines is 1. The number of nitrogens with one attached hydrogen (secondary N) is 1. The quantitative estimate of drug-likeness (QED) is 0.183. The Morgan fingerprint density at radius 3 is 1.49 bits per heavy atom. The molecule has 0 unspecified atom stereocenters. The van der Waals surface area contributed by atoms with Crippen molar-refractivity contribution in [2.45, 2.75) is 0 Å². The van der Waals surface area contributed by atoms with Gasteiger partial charge in [-0.3, -0.25) is 0 Å². The van der Waals surface area contributed by atoms with Crippen molar-refractivity contribution in [1.29, 1.82) is 0 Å². The van der Waals surface area contributed by atoms with Crippen LogP contribution in [0.25, 0.3) is 89.4 Å². The second kappa shape index (κ2) is 14.4. The van der Waals surface area contributed by atoms with Gasteiger partial charge in [-0.15, -0.1) is 0 Å². The van der Waals surface area contributed by atoms with E-state index in [0.29, 0.717) is 11.6 Å². The fraction of sp³-hybridized carbons (Fsp3) is 0. The van der Waals surface area contributed by atoms with Gasteiger partial charge in [0.2, 0.25) is 5.28 Å².